The van der Waals surface area contributed by atoms with Crippen molar-refractivity contribution in [1.29, 1.82) is 5.26 Å². The van der Waals surface area contributed by atoms with Crippen molar-refractivity contribution in [2.24, 2.45) is 0 Å². The van der Waals surface area contributed by atoms with Crippen LogP contribution in [0, 0.1) is 11.3 Å². The van der Waals surface area contributed by atoms with Gasteiger partial charge in [0.05, 0.1) is 5.60 Å². The average Bonchev–Trinajstić information content (AvgIpc) is 2.14. The molecule has 0 saturated carbocycles. The number of aliphatic hydroxyl groups is 1. The van der Waals surface area contributed by atoms with Crippen LogP contribution in [0.5, 0.6) is 0 Å². The second-order valence-electron chi connectivity index (χ2n) is 3.85. The van der Waals surface area contributed by atoms with E-state index >= 15 is 0 Å². The van der Waals surface area contributed by atoms with Gasteiger partial charge >= 0.3 is 0 Å². The summed E-state index contributed by atoms with van der Waals surface area (Å²) in [5.41, 5.74) is -0.196. The first kappa shape index (κ1) is 8.97. The molecule has 4 heteroatoms. The van der Waals surface area contributed by atoms with Crippen LogP contribution >= 0.6 is 0 Å². The summed E-state index contributed by atoms with van der Waals surface area (Å²) in [6.45, 7) is 2.95. The molecule has 1 saturated heterocycles. The molecule has 0 amide bonds. The van der Waals surface area contributed by atoms with Gasteiger partial charge in [-0.05, 0) is 19.1 Å². The maximum absolute atomic E-state index is 9.54. The Kier molecular flexibility index (Phi) is 1.90. The monoisotopic (exact) mass is 189 g/mol. The first-order chi connectivity index (χ1) is 6.61. The molecule has 0 aliphatic carbocycles. The molecule has 1 fully saturated rings. The molecule has 14 heavy (non-hydrogen) atoms. The van der Waals surface area contributed by atoms with E-state index in [0.717, 1.165) is 5.82 Å². The minimum atomic E-state index is -0.607. The Bertz CT molecular complexity index is 387. The van der Waals surface area contributed by atoms with Crippen LogP contribution in [-0.4, -0.2) is 28.8 Å². The third-order valence-electron chi connectivity index (χ3n) is 2.24. The molecule has 1 aliphatic rings. The smallest absolute Gasteiger partial charge is 0.142 e. The molecule has 1 aliphatic heterocycles. The SMILES string of the molecule is CC1(O)CN(c2cccc(C#N)n2)C1. The van der Waals surface area contributed by atoms with Gasteiger partial charge in [0.25, 0.3) is 0 Å². The number of hydrogen-bond donors (Lipinski definition) is 1. The fraction of sp³-hybridized carbons (Fsp3) is 0.400. The molecule has 0 radical (unpaired) electrons. The molecule has 1 aromatic heterocycles. The first-order valence-corrected chi connectivity index (χ1v) is 4.45. The second kappa shape index (κ2) is 2.96. The molecule has 1 aromatic rings. The molecule has 72 valence electrons. The Balaban J connectivity index is 2.16. The lowest BCUT2D eigenvalue weighted by atomic mass is 9.97. The maximum atomic E-state index is 9.54. The molecule has 0 unspecified atom stereocenters. The quantitative estimate of drug-likeness (QED) is 0.699. The van der Waals surface area contributed by atoms with E-state index in [2.05, 4.69) is 4.98 Å². The lowest BCUT2D eigenvalue weighted by Crippen LogP contribution is -2.60. The van der Waals surface area contributed by atoms with Crippen LogP contribution in [0.15, 0.2) is 18.2 Å². The van der Waals surface area contributed by atoms with E-state index in [0.29, 0.717) is 18.8 Å². The van der Waals surface area contributed by atoms with E-state index in [1.54, 1.807) is 19.1 Å². The van der Waals surface area contributed by atoms with Crippen molar-refractivity contribution >= 4 is 5.82 Å². The molecular formula is C10H11N3O. The van der Waals surface area contributed by atoms with Crippen molar-refractivity contribution in [3.63, 3.8) is 0 Å². The highest BCUT2D eigenvalue weighted by Gasteiger charge is 2.37. The molecule has 4 nitrogen and oxygen atoms in total. The lowest BCUT2D eigenvalue weighted by Gasteiger charge is -2.44. The van der Waals surface area contributed by atoms with Gasteiger partial charge in [-0.2, -0.15) is 5.26 Å². The highest BCUT2D eigenvalue weighted by molar-refractivity contribution is 5.45. The van der Waals surface area contributed by atoms with E-state index in [1.807, 2.05) is 17.0 Å². The van der Waals surface area contributed by atoms with Crippen molar-refractivity contribution in [3.8, 4) is 6.07 Å². The van der Waals surface area contributed by atoms with Gasteiger partial charge in [0.1, 0.15) is 17.6 Å². The minimum absolute atomic E-state index is 0.411. The van der Waals surface area contributed by atoms with Gasteiger partial charge in [0, 0.05) is 13.1 Å². The van der Waals surface area contributed by atoms with Gasteiger partial charge in [-0.1, -0.05) is 6.07 Å². The average molecular weight is 189 g/mol. The normalized spacial score (nSPS) is 18.5. The van der Waals surface area contributed by atoms with E-state index < -0.39 is 5.60 Å². The van der Waals surface area contributed by atoms with Gasteiger partial charge in [-0.15, -0.1) is 0 Å². The number of β-amino-alcohol motifs (C(OH)–C–C–N with tert-alkyl or cyclic N) is 1. The van der Waals surface area contributed by atoms with Crippen molar-refractivity contribution in [1.82, 2.24) is 4.98 Å². The summed E-state index contributed by atoms with van der Waals surface area (Å²) in [5, 5.41) is 18.2. The molecule has 2 heterocycles. The number of anilines is 1. The van der Waals surface area contributed by atoms with Crippen molar-refractivity contribution in [2.45, 2.75) is 12.5 Å². The zero-order valence-corrected chi connectivity index (χ0v) is 7.94. The Morgan fingerprint density at radius 3 is 2.86 bits per heavy atom. The van der Waals surface area contributed by atoms with E-state index in [-0.39, 0.29) is 0 Å². The van der Waals surface area contributed by atoms with Crippen LogP contribution in [0.2, 0.25) is 0 Å². The van der Waals surface area contributed by atoms with Gasteiger partial charge in [0.2, 0.25) is 0 Å². The van der Waals surface area contributed by atoms with Crippen molar-refractivity contribution in [2.75, 3.05) is 18.0 Å². The predicted molar refractivity (Wildman–Crippen MR) is 51.8 cm³/mol. The fourth-order valence-corrected chi connectivity index (χ4v) is 1.60. The lowest BCUT2D eigenvalue weighted by molar-refractivity contribution is 0.0305. The molecule has 0 bridgehead atoms. The van der Waals surface area contributed by atoms with Crippen molar-refractivity contribution in [3.05, 3.63) is 23.9 Å². The van der Waals surface area contributed by atoms with Crippen LogP contribution < -0.4 is 4.90 Å². The molecule has 1 N–H and O–H groups in total. The van der Waals surface area contributed by atoms with Gasteiger partial charge in [-0.25, -0.2) is 4.98 Å². The Hall–Kier alpha value is -1.60. The third kappa shape index (κ3) is 1.54. The fourth-order valence-electron chi connectivity index (χ4n) is 1.60. The number of rotatable bonds is 1. The zero-order chi connectivity index (χ0) is 10.2. The first-order valence-electron chi connectivity index (χ1n) is 4.45. The maximum Gasteiger partial charge on any atom is 0.142 e. The molecule has 0 aromatic carbocycles. The number of pyridine rings is 1. The zero-order valence-electron chi connectivity index (χ0n) is 7.94. The molecule has 2 rings (SSSR count). The van der Waals surface area contributed by atoms with Crippen LogP contribution in [0.4, 0.5) is 5.82 Å². The Morgan fingerprint density at radius 2 is 2.29 bits per heavy atom. The van der Waals surface area contributed by atoms with Crippen molar-refractivity contribution < 1.29 is 5.11 Å². The highest BCUT2D eigenvalue weighted by Crippen LogP contribution is 2.25. The molecular weight excluding hydrogens is 178 g/mol. The number of nitriles is 1. The van der Waals surface area contributed by atoms with Gasteiger partial charge in [-0.3, -0.25) is 0 Å². The van der Waals surface area contributed by atoms with Crippen LogP contribution in [0.25, 0.3) is 0 Å². The number of hydrogen-bond acceptors (Lipinski definition) is 4. The Morgan fingerprint density at radius 1 is 1.57 bits per heavy atom. The van der Waals surface area contributed by atoms with E-state index in [9.17, 15) is 5.11 Å². The summed E-state index contributed by atoms with van der Waals surface area (Å²) < 4.78 is 0. The van der Waals surface area contributed by atoms with Gasteiger partial charge < -0.3 is 10.0 Å². The highest BCUT2D eigenvalue weighted by atomic mass is 16.3. The molecule has 0 spiro atoms. The summed E-state index contributed by atoms with van der Waals surface area (Å²) in [4.78, 5) is 6.08. The topological polar surface area (TPSA) is 60.1 Å². The Labute approximate surface area is 82.4 Å². The predicted octanol–water partition coefficient (Wildman–Crippen LogP) is 0.524. The summed E-state index contributed by atoms with van der Waals surface area (Å²) >= 11 is 0. The summed E-state index contributed by atoms with van der Waals surface area (Å²) in [5.74, 6) is 0.760. The van der Waals surface area contributed by atoms with E-state index in [1.165, 1.54) is 0 Å². The second-order valence-corrected chi connectivity index (χ2v) is 3.85. The van der Waals surface area contributed by atoms with Crippen LogP contribution in [0.3, 0.4) is 0 Å². The number of nitrogens with zero attached hydrogens (tertiary/aromatic N) is 3. The largest absolute Gasteiger partial charge is 0.386 e. The van der Waals surface area contributed by atoms with Gasteiger partial charge in [0.15, 0.2) is 0 Å². The summed E-state index contributed by atoms with van der Waals surface area (Å²) in [6, 6.07) is 7.30. The summed E-state index contributed by atoms with van der Waals surface area (Å²) in [7, 11) is 0. The number of aromatic nitrogens is 1. The van der Waals surface area contributed by atoms with Crippen LogP contribution in [0.1, 0.15) is 12.6 Å². The minimum Gasteiger partial charge on any atom is -0.386 e. The third-order valence-corrected chi connectivity index (χ3v) is 2.24. The van der Waals surface area contributed by atoms with E-state index in [4.69, 9.17) is 5.26 Å². The summed E-state index contributed by atoms with van der Waals surface area (Å²) in [6.07, 6.45) is 0. The van der Waals surface area contributed by atoms with Crippen LogP contribution in [-0.2, 0) is 0 Å². The standard InChI is InChI=1S/C10H11N3O/c1-10(14)6-13(7-10)9-4-2-3-8(5-11)12-9/h2-4,14H,6-7H2,1H3. The molecule has 0 atom stereocenters.